The highest BCUT2D eigenvalue weighted by Gasteiger charge is 2.22. The van der Waals surface area contributed by atoms with Crippen LogP contribution in [-0.4, -0.2) is 38.9 Å². The van der Waals surface area contributed by atoms with Crippen molar-refractivity contribution in [1.82, 2.24) is 30.4 Å². The normalized spacial score (nSPS) is 14.4. The van der Waals surface area contributed by atoms with Crippen LogP contribution in [0.5, 0.6) is 5.88 Å². The molecule has 0 spiro atoms. The lowest BCUT2D eigenvalue weighted by Gasteiger charge is -2.11. The first kappa shape index (κ1) is 17.2. The average molecular weight is 343 g/mol. The fourth-order valence-electron chi connectivity index (χ4n) is 2.27. The van der Waals surface area contributed by atoms with Crippen molar-refractivity contribution in [2.75, 3.05) is 13.2 Å². The molecule has 1 aliphatic carbocycles. The zero-order valence-electron chi connectivity index (χ0n) is 14.8. The summed E-state index contributed by atoms with van der Waals surface area (Å²) >= 11 is 0. The second-order valence-electron chi connectivity index (χ2n) is 6.11. The summed E-state index contributed by atoms with van der Waals surface area (Å²) in [5.41, 5.74) is 1.07. The van der Waals surface area contributed by atoms with Crippen LogP contribution in [0.25, 0.3) is 0 Å². The molecule has 8 nitrogen and oxygen atoms in total. The van der Waals surface area contributed by atoms with E-state index in [0.717, 1.165) is 30.5 Å². The number of ether oxygens (including phenoxy) is 1. The van der Waals surface area contributed by atoms with Gasteiger partial charge in [-0.3, -0.25) is 4.68 Å². The van der Waals surface area contributed by atoms with Crippen LogP contribution in [0.3, 0.4) is 0 Å². The van der Waals surface area contributed by atoms with Gasteiger partial charge in [0, 0.05) is 25.9 Å². The molecule has 0 aliphatic heterocycles. The SMILES string of the molecule is CCNC(=NCc1ccnc(OCC2CC2)c1)NCc1ncnn1C. The summed E-state index contributed by atoms with van der Waals surface area (Å²) < 4.78 is 7.46. The Labute approximate surface area is 147 Å². The number of aliphatic imine (C=N–C) groups is 1. The van der Waals surface area contributed by atoms with E-state index in [9.17, 15) is 0 Å². The van der Waals surface area contributed by atoms with E-state index < -0.39 is 0 Å². The Morgan fingerprint density at radius 2 is 2.24 bits per heavy atom. The fraction of sp³-hybridized carbons (Fsp3) is 0.529. The molecular weight excluding hydrogens is 318 g/mol. The van der Waals surface area contributed by atoms with Crippen molar-refractivity contribution < 1.29 is 4.74 Å². The van der Waals surface area contributed by atoms with Crippen LogP contribution < -0.4 is 15.4 Å². The number of rotatable bonds is 8. The highest BCUT2D eigenvalue weighted by atomic mass is 16.5. The number of nitrogens with one attached hydrogen (secondary N) is 2. The molecule has 0 aromatic carbocycles. The molecule has 2 aromatic rings. The molecule has 1 saturated carbocycles. The van der Waals surface area contributed by atoms with E-state index in [4.69, 9.17) is 4.74 Å². The molecule has 134 valence electrons. The molecule has 3 rings (SSSR count). The number of aryl methyl sites for hydroxylation is 1. The molecule has 1 aliphatic rings. The van der Waals surface area contributed by atoms with Gasteiger partial charge < -0.3 is 15.4 Å². The number of pyridine rings is 1. The Kier molecular flexibility index (Phi) is 5.81. The van der Waals surface area contributed by atoms with Gasteiger partial charge in [0.15, 0.2) is 5.96 Å². The first-order valence-electron chi connectivity index (χ1n) is 8.67. The fourth-order valence-corrected chi connectivity index (χ4v) is 2.27. The summed E-state index contributed by atoms with van der Waals surface area (Å²) in [6, 6.07) is 3.91. The quantitative estimate of drug-likeness (QED) is 0.554. The second kappa shape index (κ2) is 8.46. The average Bonchev–Trinajstić information content (AvgIpc) is 3.37. The summed E-state index contributed by atoms with van der Waals surface area (Å²) in [5.74, 6) is 2.98. The van der Waals surface area contributed by atoms with Gasteiger partial charge in [0.05, 0.1) is 19.7 Å². The van der Waals surface area contributed by atoms with Crippen LogP contribution >= 0.6 is 0 Å². The van der Waals surface area contributed by atoms with Crippen LogP contribution in [0.1, 0.15) is 31.2 Å². The van der Waals surface area contributed by atoms with E-state index in [1.165, 1.54) is 12.8 Å². The predicted octanol–water partition coefficient (Wildman–Crippen LogP) is 1.25. The van der Waals surface area contributed by atoms with Crippen LogP contribution in [0.4, 0.5) is 0 Å². The molecule has 2 heterocycles. The maximum Gasteiger partial charge on any atom is 0.213 e. The summed E-state index contributed by atoms with van der Waals surface area (Å²) in [6.45, 7) is 4.71. The largest absolute Gasteiger partial charge is 0.477 e. The molecule has 2 aromatic heterocycles. The Bertz CT molecular complexity index is 709. The minimum Gasteiger partial charge on any atom is -0.477 e. The van der Waals surface area contributed by atoms with Gasteiger partial charge in [-0.15, -0.1) is 0 Å². The van der Waals surface area contributed by atoms with Gasteiger partial charge in [0.2, 0.25) is 5.88 Å². The van der Waals surface area contributed by atoms with Crippen molar-refractivity contribution in [3.63, 3.8) is 0 Å². The number of hydrogen-bond acceptors (Lipinski definition) is 5. The van der Waals surface area contributed by atoms with E-state index in [1.807, 2.05) is 26.1 Å². The van der Waals surface area contributed by atoms with Crippen molar-refractivity contribution >= 4 is 5.96 Å². The highest BCUT2D eigenvalue weighted by Crippen LogP contribution is 2.29. The lowest BCUT2D eigenvalue weighted by Crippen LogP contribution is -2.37. The third-order valence-electron chi connectivity index (χ3n) is 3.95. The molecule has 0 bridgehead atoms. The first-order valence-corrected chi connectivity index (χ1v) is 8.67. The van der Waals surface area contributed by atoms with Crippen molar-refractivity contribution in [2.45, 2.75) is 32.9 Å². The standard InChI is InChI=1S/C17H25N7O/c1-3-18-17(21-10-15-22-12-23-24(15)2)20-9-14-6-7-19-16(8-14)25-11-13-4-5-13/h6-8,12-13H,3-5,9-11H2,1-2H3,(H2,18,20,21). The van der Waals surface area contributed by atoms with E-state index >= 15 is 0 Å². The molecule has 0 amide bonds. The Morgan fingerprint density at radius 1 is 1.36 bits per heavy atom. The Morgan fingerprint density at radius 3 is 2.96 bits per heavy atom. The first-order chi connectivity index (χ1) is 12.2. The van der Waals surface area contributed by atoms with Crippen molar-refractivity contribution in [1.29, 1.82) is 0 Å². The van der Waals surface area contributed by atoms with E-state index in [-0.39, 0.29) is 0 Å². The van der Waals surface area contributed by atoms with Crippen molar-refractivity contribution in [3.8, 4) is 5.88 Å². The van der Waals surface area contributed by atoms with Gasteiger partial charge >= 0.3 is 0 Å². The minimum atomic E-state index is 0.552. The molecule has 0 saturated heterocycles. The van der Waals surface area contributed by atoms with E-state index in [0.29, 0.717) is 24.9 Å². The van der Waals surface area contributed by atoms with Gasteiger partial charge in [-0.1, -0.05) is 0 Å². The third kappa shape index (κ3) is 5.44. The van der Waals surface area contributed by atoms with Gasteiger partial charge in [0.1, 0.15) is 12.2 Å². The monoisotopic (exact) mass is 343 g/mol. The predicted molar refractivity (Wildman–Crippen MR) is 95.1 cm³/mol. The maximum atomic E-state index is 5.73. The highest BCUT2D eigenvalue weighted by molar-refractivity contribution is 5.79. The van der Waals surface area contributed by atoms with Gasteiger partial charge in [0.25, 0.3) is 0 Å². The Hall–Kier alpha value is -2.64. The second-order valence-corrected chi connectivity index (χ2v) is 6.11. The van der Waals surface area contributed by atoms with E-state index in [2.05, 4.69) is 30.7 Å². The zero-order valence-corrected chi connectivity index (χ0v) is 14.8. The molecule has 1 fully saturated rings. The molecular formula is C17H25N7O. The summed E-state index contributed by atoms with van der Waals surface area (Å²) in [5, 5.41) is 10.6. The van der Waals surface area contributed by atoms with Gasteiger partial charge in [-0.25, -0.2) is 15.0 Å². The molecule has 0 radical (unpaired) electrons. The maximum absolute atomic E-state index is 5.73. The minimum absolute atomic E-state index is 0.552. The molecule has 0 unspecified atom stereocenters. The molecule has 8 heteroatoms. The van der Waals surface area contributed by atoms with Crippen LogP contribution in [-0.2, 0) is 20.1 Å². The topological polar surface area (TPSA) is 89.2 Å². The number of guanidine groups is 1. The van der Waals surface area contributed by atoms with Gasteiger partial charge in [-0.2, -0.15) is 5.10 Å². The smallest absolute Gasteiger partial charge is 0.213 e. The number of hydrogen-bond donors (Lipinski definition) is 2. The molecule has 25 heavy (non-hydrogen) atoms. The lowest BCUT2D eigenvalue weighted by molar-refractivity contribution is 0.288. The summed E-state index contributed by atoms with van der Waals surface area (Å²) in [7, 11) is 1.87. The Balaban J connectivity index is 1.56. The van der Waals surface area contributed by atoms with Crippen LogP contribution in [0.15, 0.2) is 29.6 Å². The van der Waals surface area contributed by atoms with Crippen LogP contribution in [0.2, 0.25) is 0 Å². The summed E-state index contributed by atoms with van der Waals surface area (Å²) in [6.07, 6.45) is 5.86. The number of nitrogens with zero attached hydrogens (tertiary/aromatic N) is 5. The molecule has 0 atom stereocenters. The third-order valence-corrected chi connectivity index (χ3v) is 3.95. The van der Waals surface area contributed by atoms with Crippen LogP contribution in [0, 0.1) is 5.92 Å². The van der Waals surface area contributed by atoms with Crippen molar-refractivity contribution in [2.24, 2.45) is 18.0 Å². The number of aromatic nitrogens is 4. The lowest BCUT2D eigenvalue weighted by atomic mass is 10.3. The van der Waals surface area contributed by atoms with Gasteiger partial charge in [-0.05, 0) is 37.3 Å². The van der Waals surface area contributed by atoms with E-state index in [1.54, 1.807) is 17.2 Å². The molecule has 2 N–H and O–H groups in total. The van der Waals surface area contributed by atoms with Crippen molar-refractivity contribution in [3.05, 3.63) is 36.0 Å². The summed E-state index contributed by atoms with van der Waals surface area (Å²) in [4.78, 5) is 13.1. The zero-order chi connectivity index (χ0) is 17.5.